The van der Waals surface area contributed by atoms with Crippen LogP contribution in [0.1, 0.15) is 38.3 Å². The van der Waals surface area contributed by atoms with Crippen LogP contribution in [-0.2, 0) is 5.41 Å². The molecule has 0 aliphatic heterocycles. The first-order valence-corrected chi connectivity index (χ1v) is 4.63. The van der Waals surface area contributed by atoms with Gasteiger partial charge in [-0.1, -0.05) is 19.8 Å². The van der Waals surface area contributed by atoms with Gasteiger partial charge in [-0.25, -0.2) is 4.39 Å². The molecule has 1 aliphatic carbocycles. The monoisotopic (exact) mass is 183 g/mol. The number of nitrogens with two attached hydrogens (primary N) is 1. The Hall–Kier alpha value is -1.06. The van der Waals surface area contributed by atoms with Crippen molar-refractivity contribution in [3.63, 3.8) is 0 Å². The van der Waals surface area contributed by atoms with Crippen molar-refractivity contribution in [1.82, 2.24) is 10.2 Å². The van der Waals surface area contributed by atoms with Gasteiger partial charge in [-0.3, -0.25) is 5.10 Å². The molecule has 4 heteroatoms. The van der Waals surface area contributed by atoms with Gasteiger partial charge >= 0.3 is 0 Å². The number of anilines is 1. The zero-order valence-corrected chi connectivity index (χ0v) is 7.73. The molecule has 1 saturated carbocycles. The molecule has 0 amide bonds. The Balaban J connectivity index is 2.39. The summed E-state index contributed by atoms with van der Waals surface area (Å²) in [4.78, 5) is 0. The minimum atomic E-state index is -0.357. The number of hydrogen-bond acceptors (Lipinski definition) is 2. The molecule has 1 fully saturated rings. The van der Waals surface area contributed by atoms with Gasteiger partial charge in [0.25, 0.3) is 0 Å². The fourth-order valence-corrected chi connectivity index (χ4v) is 2.15. The highest BCUT2D eigenvalue weighted by Gasteiger charge is 2.35. The first-order chi connectivity index (χ1) is 6.13. The smallest absolute Gasteiger partial charge is 0.188 e. The zero-order chi connectivity index (χ0) is 9.47. The fourth-order valence-electron chi connectivity index (χ4n) is 2.15. The topological polar surface area (TPSA) is 54.7 Å². The average Bonchev–Trinajstić information content (AvgIpc) is 2.63. The summed E-state index contributed by atoms with van der Waals surface area (Å²) >= 11 is 0. The largest absolute Gasteiger partial charge is 0.380 e. The molecule has 1 aliphatic rings. The molecule has 3 nitrogen and oxygen atoms in total. The zero-order valence-electron chi connectivity index (χ0n) is 7.73. The molecule has 1 aromatic heterocycles. The standard InChI is InChI=1S/C9H14FN3/c1-9(4-2-3-5-9)7-6(10)8(11)13-12-7/h2-5H2,1H3,(H3,11,12,13). The first-order valence-electron chi connectivity index (χ1n) is 4.63. The minimum Gasteiger partial charge on any atom is -0.380 e. The number of nitrogens with one attached hydrogen (secondary N) is 1. The Morgan fingerprint density at radius 3 is 2.54 bits per heavy atom. The number of hydrogen-bond donors (Lipinski definition) is 2. The fraction of sp³-hybridized carbons (Fsp3) is 0.667. The summed E-state index contributed by atoms with van der Waals surface area (Å²) in [5.41, 5.74) is 5.86. The lowest BCUT2D eigenvalue weighted by Crippen LogP contribution is -2.19. The molecule has 72 valence electrons. The second kappa shape index (κ2) is 2.72. The molecule has 13 heavy (non-hydrogen) atoms. The van der Waals surface area contributed by atoms with Crippen molar-refractivity contribution in [3.05, 3.63) is 11.5 Å². The first kappa shape index (κ1) is 8.53. The average molecular weight is 183 g/mol. The number of halogens is 1. The molecule has 0 spiro atoms. The summed E-state index contributed by atoms with van der Waals surface area (Å²) in [5.74, 6) is -0.368. The molecule has 3 N–H and O–H groups in total. The van der Waals surface area contributed by atoms with E-state index in [0.717, 1.165) is 25.7 Å². The van der Waals surface area contributed by atoms with E-state index < -0.39 is 0 Å². The summed E-state index contributed by atoms with van der Waals surface area (Å²) in [6.45, 7) is 2.07. The van der Waals surface area contributed by atoms with Crippen LogP contribution in [0.2, 0.25) is 0 Å². The number of nitrogens with zero attached hydrogens (tertiary/aromatic N) is 1. The van der Waals surface area contributed by atoms with Crippen LogP contribution in [0.3, 0.4) is 0 Å². The molecule has 0 unspecified atom stereocenters. The third-order valence-corrected chi connectivity index (χ3v) is 3.04. The maximum absolute atomic E-state index is 13.4. The predicted octanol–water partition coefficient (Wildman–Crippen LogP) is 1.96. The highest BCUT2D eigenvalue weighted by molar-refractivity contribution is 5.35. The Morgan fingerprint density at radius 1 is 1.46 bits per heavy atom. The summed E-state index contributed by atoms with van der Waals surface area (Å²) in [6, 6.07) is 0. The molecule has 0 saturated heterocycles. The molecule has 0 aromatic carbocycles. The summed E-state index contributed by atoms with van der Waals surface area (Å²) in [6.07, 6.45) is 4.36. The van der Waals surface area contributed by atoms with Crippen LogP contribution >= 0.6 is 0 Å². The van der Waals surface area contributed by atoms with E-state index in [1.807, 2.05) is 0 Å². The van der Waals surface area contributed by atoms with E-state index in [1.165, 1.54) is 0 Å². The number of rotatable bonds is 1. The molecular formula is C9H14FN3. The van der Waals surface area contributed by atoms with Crippen LogP contribution in [0.4, 0.5) is 10.2 Å². The van der Waals surface area contributed by atoms with Crippen molar-refractivity contribution in [2.45, 2.75) is 38.0 Å². The van der Waals surface area contributed by atoms with Gasteiger partial charge in [0.05, 0.1) is 5.69 Å². The van der Waals surface area contributed by atoms with Gasteiger partial charge in [0.2, 0.25) is 0 Å². The van der Waals surface area contributed by atoms with Gasteiger partial charge in [0, 0.05) is 5.41 Å². The Labute approximate surface area is 76.5 Å². The van der Waals surface area contributed by atoms with E-state index in [2.05, 4.69) is 17.1 Å². The summed E-state index contributed by atoms with van der Waals surface area (Å²) in [7, 11) is 0. The lowest BCUT2D eigenvalue weighted by Gasteiger charge is -2.21. The van der Waals surface area contributed by atoms with E-state index in [-0.39, 0.29) is 17.1 Å². The molecule has 2 rings (SSSR count). The molecular weight excluding hydrogens is 169 g/mol. The third-order valence-electron chi connectivity index (χ3n) is 3.04. The van der Waals surface area contributed by atoms with E-state index in [9.17, 15) is 4.39 Å². The van der Waals surface area contributed by atoms with Crippen molar-refractivity contribution in [2.24, 2.45) is 0 Å². The van der Waals surface area contributed by atoms with Crippen LogP contribution < -0.4 is 5.73 Å². The SMILES string of the molecule is CC1(c2[nH]nc(N)c2F)CCCC1. The van der Waals surface area contributed by atoms with Crippen molar-refractivity contribution >= 4 is 5.82 Å². The van der Waals surface area contributed by atoms with Gasteiger partial charge in [0.1, 0.15) is 0 Å². The van der Waals surface area contributed by atoms with Crippen LogP contribution in [0.5, 0.6) is 0 Å². The Morgan fingerprint density at radius 2 is 2.08 bits per heavy atom. The number of nitrogen functional groups attached to an aromatic ring is 1. The van der Waals surface area contributed by atoms with E-state index in [0.29, 0.717) is 5.69 Å². The van der Waals surface area contributed by atoms with Crippen molar-refractivity contribution in [3.8, 4) is 0 Å². The van der Waals surface area contributed by atoms with Crippen molar-refractivity contribution < 1.29 is 4.39 Å². The van der Waals surface area contributed by atoms with E-state index in [1.54, 1.807) is 0 Å². The second-order valence-electron chi connectivity index (χ2n) is 4.07. The molecule has 1 heterocycles. The quantitative estimate of drug-likeness (QED) is 0.699. The molecule has 0 radical (unpaired) electrons. The van der Waals surface area contributed by atoms with Gasteiger partial charge in [-0.15, -0.1) is 0 Å². The lowest BCUT2D eigenvalue weighted by molar-refractivity contribution is 0.445. The van der Waals surface area contributed by atoms with Gasteiger partial charge < -0.3 is 5.73 Å². The number of aromatic nitrogens is 2. The predicted molar refractivity (Wildman–Crippen MR) is 48.8 cm³/mol. The van der Waals surface area contributed by atoms with E-state index >= 15 is 0 Å². The molecule has 1 aromatic rings. The Bertz CT molecular complexity index is 313. The highest BCUT2D eigenvalue weighted by Crippen LogP contribution is 2.41. The van der Waals surface area contributed by atoms with Crippen molar-refractivity contribution in [2.75, 3.05) is 5.73 Å². The minimum absolute atomic E-state index is 0.0110. The number of H-pyrrole nitrogens is 1. The van der Waals surface area contributed by atoms with Crippen LogP contribution in [0.25, 0.3) is 0 Å². The van der Waals surface area contributed by atoms with Crippen LogP contribution in [0.15, 0.2) is 0 Å². The molecule has 0 atom stereocenters. The van der Waals surface area contributed by atoms with Gasteiger partial charge in [-0.2, -0.15) is 5.10 Å². The highest BCUT2D eigenvalue weighted by atomic mass is 19.1. The summed E-state index contributed by atoms with van der Waals surface area (Å²) in [5, 5.41) is 6.39. The van der Waals surface area contributed by atoms with Gasteiger partial charge in [-0.05, 0) is 12.8 Å². The van der Waals surface area contributed by atoms with Crippen LogP contribution in [-0.4, -0.2) is 10.2 Å². The summed E-state index contributed by atoms with van der Waals surface area (Å²) < 4.78 is 13.4. The maximum Gasteiger partial charge on any atom is 0.188 e. The maximum atomic E-state index is 13.4. The van der Waals surface area contributed by atoms with Gasteiger partial charge in [0.15, 0.2) is 11.6 Å². The lowest BCUT2D eigenvalue weighted by atomic mass is 9.85. The Kier molecular flexibility index (Phi) is 1.78. The number of aromatic amines is 1. The van der Waals surface area contributed by atoms with E-state index in [4.69, 9.17) is 5.73 Å². The molecule has 0 bridgehead atoms. The third kappa shape index (κ3) is 1.20. The second-order valence-corrected chi connectivity index (χ2v) is 4.07. The van der Waals surface area contributed by atoms with Crippen molar-refractivity contribution in [1.29, 1.82) is 0 Å². The normalized spacial score (nSPS) is 20.8. The van der Waals surface area contributed by atoms with Crippen LogP contribution in [0, 0.1) is 5.82 Å².